The number of carbonyl (C=O) groups excluding carboxylic acids is 2. The van der Waals surface area contributed by atoms with Crippen LogP contribution in [0.25, 0.3) is 0 Å². The zero-order valence-electron chi connectivity index (χ0n) is 14.5. The highest BCUT2D eigenvalue weighted by Gasteiger charge is 2.33. The minimum atomic E-state index is -0.648. The van der Waals surface area contributed by atoms with Gasteiger partial charge in [0.2, 0.25) is 5.91 Å². The fourth-order valence-corrected chi connectivity index (χ4v) is 3.06. The smallest absolute Gasteiger partial charge is 0.254 e. The molecule has 1 aliphatic rings. The van der Waals surface area contributed by atoms with Crippen LogP contribution in [0.1, 0.15) is 30.6 Å². The summed E-state index contributed by atoms with van der Waals surface area (Å²) in [7, 11) is 1.90. The second-order valence-corrected chi connectivity index (χ2v) is 6.67. The third-order valence-corrected chi connectivity index (χ3v) is 4.43. The first kappa shape index (κ1) is 18.4. The van der Waals surface area contributed by atoms with Gasteiger partial charge in [-0.05, 0) is 44.0 Å². The van der Waals surface area contributed by atoms with E-state index >= 15 is 0 Å². The van der Waals surface area contributed by atoms with Crippen molar-refractivity contribution in [2.75, 3.05) is 26.7 Å². The average molecular weight is 335 g/mol. The second-order valence-electron chi connectivity index (χ2n) is 6.67. The lowest BCUT2D eigenvalue weighted by Crippen LogP contribution is -2.51. The number of nitrogens with zero attached hydrogens (tertiary/aromatic N) is 1. The Morgan fingerprint density at radius 1 is 1.33 bits per heavy atom. The van der Waals surface area contributed by atoms with Crippen LogP contribution < -0.4 is 10.6 Å². The van der Waals surface area contributed by atoms with Gasteiger partial charge in [0.1, 0.15) is 11.9 Å². The number of benzene rings is 1. The van der Waals surface area contributed by atoms with Crippen LogP contribution in [0.4, 0.5) is 4.39 Å². The van der Waals surface area contributed by atoms with Crippen molar-refractivity contribution in [2.45, 2.75) is 26.3 Å². The Morgan fingerprint density at radius 2 is 2.04 bits per heavy atom. The van der Waals surface area contributed by atoms with E-state index in [1.165, 1.54) is 18.2 Å². The highest BCUT2D eigenvalue weighted by molar-refractivity contribution is 5.97. The Labute approximate surface area is 142 Å². The lowest BCUT2D eigenvalue weighted by Gasteiger charge is -2.27. The van der Waals surface area contributed by atoms with Crippen LogP contribution in [0.5, 0.6) is 0 Å². The van der Waals surface area contributed by atoms with Gasteiger partial charge in [-0.25, -0.2) is 4.39 Å². The highest BCUT2D eigenvalue weighted by Crippen LogP contribution is 2.18. The fourth-order valence-electron chi connectivity index (χ4n) is 3.06. The summed E-state index contributed by atoms with van der Waals surface area (Å²) in [5.74, 6) is -0.856. The molecule has 1 heterocycles. The lowest BCUT2D eigenvalue weighted by molar-refractivity contribution is -0.133. The highest BCUT2D eigenvalue weighted by atomic mass is 19.1. The predicted molar refractivity (Wildman–Crippen MR) is 91.1 cm³/mol. The van der Waals surface area contributed by atoms with Crippen LogP contribution in [0, 0.1) is 17.7 Å². The largest absolute Gasteiger partial charge is 0.341 e. The van der Waals surface area contributed by atoms with Crippen LogP contribution in [-0.4, -0.2) is 49.4 Å². The SMILES string of the molecule is CNCC1CCN(C(=O)C(NC(=O)c2ccccc2F)C(C)C)C1. The lowest BCUT2D eigenvalue weighted by atomic mass is 10.0. The summed E-state index contributed by atoms with van der Waals surface area (Å²) < 4.78 is 13.8. The maximum absolute atomic E-state index is 13.8. The molecule has 1 saturated heterocycles. The number of amides is 2. The summed E-state index contributed by atoms with van der Waals surface area (Å²) >= 11 is 0. The van der Waals surface area contributed by atoms with Gasteiger partial charge in [-0.3, -0.25) is 9.59 Å². The van der Waals surface area contributed by atoms with Crippen molar-refractivity contribution in [2.24, 2.45) is 11.8 Å². The normalized spacial score (nSPS) is 18.7. The number of hydrogen-bond acceptors (Lipinski definition) is 3. The van der Waals surface area contributed by atoms with E-state index in [1.807, 2.05) is 20.9 Å². The van der Waals surface area contributed by atoms with E-state index in [-0.39, 0.29) is 17.4 Å². The van der Waals surface area contributed by atoms with Gasteiger partial charge >= 0.3 is 0 Å². The molecule has 0 aromatic heterocycles. The monoisotopic (exact) mass is 335 g/mol. The minimum Gasteiger partial charge on any atom is -0.341 e. The molecule has 6 heteroatoms. The van der Waals surface area contributed by atoms with Crippen molar-refractivity contribution in [3.63, 3.8) is 0 Å². The van der Waals surface area contributed by atoms with E-state index in [9.17, 15) is 14.0 Å². The fraction of sp³-hybridized carbons (Fsp3) is 0.556. The summed E-state index contributed by atoms with van der Waals surface area (Å²) in [5, 5.41) is 5.84. The van der Waals surface area contributed by atoms with Crippen LogP contribution in [-0.2, 0) is 4.79 Å². The van der Waals surface area contributed by atoms with Gasteiger partial charge in [0.05, 0.1) is 5.56 Å². The Morgan fingerprint density at radius 3 is 2.67 bits per heavy atom. The van der Waals surface area contributed by atoms with E-state index in [0.717, 1.165) is 13.0 Å². The standard InChI is InChI=1S/C18H26FN3O2/c1-12(2)16(18(24)22-9-8-13(11-22)10-20-3)21-17(23)14-6-4-5-7-15(14)19/h4-7,12-13,16,20H,8-11H2,1-3H3,(H,21,23). The topological polar surface area (TPSA) is 61.4 Å². The van der Waals surface area contributed by atoms with E-state index in [0.29, 0.717) is 19.0 Å². The molecule has 2 amide bonds. The Balaban J connectivity index is 2.05. The molecule has 0 bridgehead atoms. The number of hydrogen-bond donors (Lipinski definition) is 2. The number of likely N-dealkylation sites (tertiary alicyclic amines) is 1. The van der Waals surface area contributed by atoms with Crippen molar-refractivity contribution in [1.82, 2.24) is 15.5 Å². The molecule has 24 heavy (non-hydrogen) atoms. The third kappa shape index (κ3) is 4.32. The van der Waals surface area contributed by atoms with Crippen molar-refractivity contribution >= 4 is 11.8 Å². The third-order valence-electron chi connectivity index (χ3n) is 4.43. The molecule has 5 nitrogen and oxygen atoms in total. The molecule has 1 fully saturated rings. The summed E-state index contributed by atoms with van der Waals surface area (Å²) in [4.78, 5) is 26.9. The van der Waals surface area contributed by atoms with Crippen LogP contribution >= 0.6 is 0 Å². The van der Waals surface area contributed by atoms with Crippen molar-refractivity contribution in [3.05, 3.63) is 35.6 Å². The number of halogens is 1. The molecular formula is C18H26FN3O2. The van der Waals surface area contributed by atoms with Gasteiger partial charge in [-0.1, -0.05) is 26.0 Å². The zero-order chi connectivity index (χ0) is 17.7. The molecule has 2 unspecified atom stereocenters. The van der Waals surface area contributed by atoms with Gasteiger partial charge in [-0.2, -0.15) is 0 Å². The molecule has 1 aromatic carbocycles. The predicted octanol–water partition coefficient (Wildman–Crippen LogP) is 1.65. The maximum Gasteiger partial charge on any atom is 0.254 e. The van der Waals surface area contributed by atoms with Crippen molar-refractivity contribution in [3.8, 4) is 0 Å². The molecule has 2 atom stereocenters. The summed E-state index contributed by atoms with van der Waals surface area (Å²) in [6.45, 7) is 6.02. The first-order chi connectivity index (χ1) is 11.4. The van der Waals surface area contributed by atoms with Crippen molar-refractivity contribution in [1.29, 1.82) is 0 Å². The summed E-state index contributed by atoms with van der Waals surface area (Å²) in [5.41, 5.74) is -0.0366. The molecule has 0 saturated carbocycles. The molecular weight excluding hydrogens is 309 g/mol. The maximum atomic E-state index is 13.8. The molecule has 0 aliphatic carbocycles. The molecule has 1 aromatic rings. The Kier molecular flexibility index (Phi) is 6.31. The zero-order valence-corrected chi connectivity index (χ0v) is 14.5. The quantitative estimate of drug-likeness (QED) is 0.831. The van der Waals surface area contributed by atoms with Crippen LogP contribution in [0.15, 0.2) is 24.3 Å². The van der Waals surface area contributed by atoms with E-state index < -0.39 is 17.8 Å². The molecule has 1 aliphatic heterocycles. The summed E-state index contributed by atoms with van der Waals surface area (Å²) in [6.07, 6.45) is 0.957. The Bertz CT molecular complexity index is 591. The van der Waals surface area contributed by atoms with E-state index in [1.54, 1.807) is 11.0 Å². The van der Waals surface area contributed by atoms with Gasteiger partial charge in [0.15, 0.2) is 0 Å². The Hall–Kier alpha value is -1.95. The van der Waals surface area contributed by atoms with Crippen molar-refractivity contribution < 1.29 is 14.0 Å². The van der Waals surface area contributed by atoms with Gasteiger partial charge in [-0.15, -0.1) is 0 Å². The molecule has 2 rings (SSSR count). The molecule has 0 spiro atoms. The average Bonchev–Trinajstić information content (AvgIpc) is 3.01. The number of carbonyl (C=O) groups is 2. The number of rotatable bonds is 6. The van der Waals surface area contributed by atoms with Gasteiger partial charge in [0, 0.05) is 13.1 Å². The molecule has 132 valence electrons. The van der Waals surface area contributed by atoms with E-state index in [4.69, 9.17) is 0 Å². The first-order valence-electron chi connectivity index (χ1n) is 8.42. The van der Waals surface area contributed by atoms with Gasteiger partial charge < -0.3 is 15.5 Å². The summed E-state index contributed by atoms with van der Waals surface area (Å²) in [6, 6.07) is 5.15. The van der Waals surface area contributed by atoms with Crippen LogP contribution in [0.2, 0.25) is 0 Å². The van der Waals surface area contributed by atoms with Gasteiger partial charge in [0.25, 0.3) is 5.91 Å². The first-order valence-corrected chi connectivity index (χ1v) is 8.42. The van der Waals surface area contributed by atoms with E-state index in [2.05, 4.69) is 10.6 Å². The second kappa shape index (κ2) is 8.24. The minimum absolute atomic E-state index is 0.0366. The molecule has 0 radical (unpaired) electrons. The molecule has 2 N–H and O–H groups in total. The number of nitrogens with one attached hydrogen (secondary N) is 2. The van der Waals surface area contributed by atoms with Crippen LogP contribution in [0.3, 0.4) is 0 Å².